The number of nitrogens with one attached hydrogen (secondary N) is 1. The molecule has 0 aliphatic heterocycles. The first kappa shape index (κ1) is 29.6. The second-order valence-electron chi connectivity index (χ2n) is 11.4. The third kappa shape index (κ3) is 7.12. The minimum absolute atomic E-state index is 0.0689. The summed E-state index contributed by atoms with van der Waals surface area (Å²) in [4.78, 5) is 16.9. The van der Waals surface area contributed by atoms with Crippen molar-refractivity contribution >= 4 is 27.5 Å². The van der Waals surface area contributed by atoms with Gasteiger partial charge < -0.3 is 4.74 Å². The number of aryl methyl sites for hydroxylation is 2. The molecule has 0 radical (unpaired) electrons. The number of carbonyl (C=O) groups excluding carboxylic acids is 1. The van der Waals surface area contributed by atoms with Gasteiger partial charge in [0.2, 0.25) is 5.88 Å². The van der Waals surface area contributed by atoms with E-state index in [4.69, 9.17) is 16.3 Å². The van der Waals surface area contributed by atoms with Gasteiger partial charge in [0.25, 0.3) is 15.9 Å². The normalized spacial score (nSPS) is 17.2. The van der Waals surface area contributed by atoms with Crippen LogP contribution in [0.4, 0.5) is 0 Å². The zero-order chi connectivity index (χ0) is 29.0. The van der Waals surface area contributed by atoms with Crippen LogP contribution in [0, 0.1) is 24.7 Å². The number of rotatable bonds is 10. The molecular weight excluding hydrogens is 564 g/mol. The summed E-state index contributed by atoms with van der Waals surface area (Å²) in [5.41, 5.74) is 0.211. The molecule has 41 heavy (non-hydrogen) atoms. The Balaban J connectivity index is 1.20. The van der Waals surface area contributed by atoms with E-state index >= 15 is 0 Å². The Labute approximate surface area is 246 Å². The van der Waals surface area contributed by atoms with Crippen molar-refractivity contribution in [1.82, 2.24) is 29.3 Å². The Morgan fingerprint density at radius 2 is 1.71 bits per heavy atom. The van der Waals surface area contributed by atoms with E-state index < -0.39 is 15.9 Å². The van der Waals surface area contributed by atoms with Gasteiger partial charge in [-0.25, -0.2) is 22.8 Å². The van der Waals surface area contributed by atoms with Gasteiger partial charge in [-0.2, -0.15) is 5.10 Å². The number of halogens is 1. The molecule has 5 rings (SSSR count). The van der Waals surface area contributed by atoms with E-state index in [1.54, 1.807) is 32.3 Å². The van der Waals surface area contributed by atoms with Gasteiger partial charge in [-0.05, 0) is 43.2 Å². The largest absolute Gasteiger partial charge is 0.477 e. The summed E-state index contributed by atoms with van der Waals surface area (Å²) in [6.07, 6.45) is 17.7. The molecule has 0 atom stereocenters. The number of pyridine rings is 1. The zero-order valence-corrected chi connectivity index (χ0v) is 25.3. The van der Waals surface area contributed by atoms with Crippen LogP contribution in [0.2, 0.25) is 5.15 Å². The first-order valence-corrected chi connectivity index (χ1v) is 16.5. The van der Waals surface area contributed by atoms with Crippen LogP contribution in [-0.4, -0.2) is 45.5 Å². The number of carbonyl (C=O) groups is 1. The van der Waals surface area contributed by atoms with E-state index in [-0.39, 0.29) is 21.3 Å². The molecule has 12 heteroatoms. The number of amides is 1. The quantitative estimate of drug-likeness (QED) is 0.299. The molecule has 3 heterocycles. The monoisotopic (exact) mass is 602 g/mol. The average Bonchev–Trinajstić information content (AvgIpc) is 3.57. The molecule has 222 valence electrons. The third-order valence-electron chi connectivity index (χ3n) is 8.57. The van der Waals surface area contributed by atoms with Gasteiger partial charge in [0.1, 0.15) is 10.0 Å². The molecule has 1 N–H and O–H groups in total. The van der Waals surface area contributed by atoms with Gasteiger partial charge in [-0.1, -0.05) is 75.8 Å². The van der Waals surface area contributed by atoms with Crippen molar-refractivity contribution < 1.29 is 17.9 Å². The molecule has 0 spiro atoms. The molecule has 0 unspecified atom stereocenters. The van der Waals surface area contributed by atoms with Crippen molar-refractivity contribution in [2.45, 2.75) is 82.4 Å². The maximum absolute atomic E-state index is 12.7. The molecule has 2 aliphatic carbocycles. The molecule has 3 aromatic heterocycles. The molecule has 2 aliphatic rings. The molecule has 2 saturated carbocycles. The lowest BCUT2D eigenvalue weighted by molar-refractivity contribution is 0.0981. The SMILES string of the molecule is Cc1nn(C)cc1S(=O)(=O)NC(=O)c1ccc(-n2ccc(OCCC(C3CCCCC3)C3CCCCC3)n2)nc1Cl. The van der Waals surface area contributed by atoms with Crippen LogP contribution in [0.5, 0.6) is 5.88 Å². The van der Waals surface area contributed by atoms with E-state index in [0.29, 0.717) is 18.3 Å². The Kier molecular flexibility index (Phi) is 9.33. The summed E-state index contributed by atoms with van der Waals surface area (Å²) in [5, 5.41) is 8.38. The van der Waals surface area contributed by atoms with Crippen molar-refractivity contribution in [1.29, 1.82) is 0 Å². The van der Waals surface area contributed by atoms with E-state index in [1.807, 2.05) is 4.72 Å². The standard InChI is InChI=1S/C29H39ClN6O4S/c1-20-25(19-35(2)32-20)41(38,39)34-29(37)24-13-14-26(31-28(24)30)36-17-15-27(33-36)40-18-16-23(21-9-5-3-6-10-21)22-11-7-4-8-12-22/h13-15,17,19,21-23H,3-12,16,18H2,1-2H3,(H,34,37). The topological polar surface area (TPSA) is 121 Å². The summed E-state index contributed by atoms with van der Waals surface area (Å²) >= 11 is 6.30. The lowest BCUT2D eigenvalue weighted by Gasteiger charge is -2.38. The number of sulfonamides is 1. The minimum Gasteiger partial charge on any atom is -0.477 e. The van der Waals surface area contributed by atoms with Crippen LogP contribution in [0.15, 0.2) is 35.5 Å². The van der Waals surface area contributed by atoms with Crippen molar-refractivity contribution in [3.05, 3.63) is 47.0 Å². The van der Waals surface area contributed by atoms with Crippen LogP contribution in [0.1, 0.15) is 86.7 Å². The van der Waals surface area contributed by atoms with Crippen molar-refractivity contribution in [2.24, 2.45) is 24.8 Å². The highest BCUT2D eigenvalue weighted by molar-refractivity contribution is 7.90. The molecular formula is C29H39ClN6O4S. The summed E-state index contributed by atoms with van der Waals surface area (Å²) in [6.45, 7) is 2.18. The van der Waals surface area contributed by atoms with Gasteiger partial charge in [-0.3, -0.25) is 9.48 Å². The Hall–Kier alpha value is -2.92. The zero-order valence-electron chi connectivity index (χ0n) is 23.8. The first-order chi connectivity index (χ1) is 19.7. The second kappa shape index (κ2) is 12.9. The molecule has 2 fully saturated rings. The summed E-state index contributed by atoms with van der Waals surface area (Å²) in [5.74, 6) is 2.37. The van der Waals surface area contributed by atoms with Gasteiger partial charge in [0, 0.05) is 25.5 Å². The van der Waals surface area contributed by atoms with Gasteiger partial charge >= 0.3 is 0 Å². The lowest BCUT2D eigenvalue weighted by Crippen LogP contribution is -2.31. The molecule has 3 aromatic rings. The Bertz CT molecular complexity index is 1440. The Morgan fingerprint density at radius 1 is 1.05 bits per heavy atom. The average molecular weight is 603 g/mol. The highest BCUT2D eigenvalue weighted by Gasteiger charge is 2.31. The fraction of sp³-hybridized carbons (Fsp3) is 0.586. The maximum atomic E-state index is 12.7. The van der Waals surface area contributed by atoms with Gasteiger partial charge in [0.15, 0.2) is 5.82 Å². The molecule has 10 nitrogen and oxygen atoms in total. The fourth-order valence-corrected chi connectivity index (χ4v) is 8.01. The molecule has 0 saturated heterocycles. The lowest BCUT2D eigenvalue weighted by atomic mass is 9.68. The summed E-state index contributed by atoms with van der Waals surface area (Å²) in [6, 6.07) is 4.77. The van der Waals surface area contributed by atoms with Crippen molar-refractivity contribution in [3.8, 4) is 11.7 Å². The van der Waals surface area contributed by atoms with Crippen LogP contribution < -0.4 is 9.46 Å². The predicted octanol–water partition coefficient (Wildman–Crippen LogP) is 5.63. The van der Waals surface area contributed by atoms with E-state index in [2.05, 4.69) is 15.2 Å². The number of aromatic nitrogens is 5. The van der Waals surface area contributed by atoms with Crippen molar-refractivity contribution in [2.75, 3.05) is 6.61 Å². The summed E-state index contributed by atoms with van der Waals surface area (Å²) in [7, 11) is -2.52. The molecule has 1 amide bonds. The third-order valence-corrected chi connectivity index (χ3v) is 10.3. The number of ether oxygens (including phenoxy) is 1. The van der Waals surface area contributed by atoms with E-state index in [9.17, 15) is 13.2 Å². The smallest absolute Gasteiger partial charge is 0.268 e. The van der Waals surface area contributed by atoms with Gasteiger partial charge in [-0.15, -0.1) is 5.10 Å². The molecule has 0 aromatic carbocycles. The van der Waals surface area contributed by atoms with Crippen LogP contribution in [-0.2, 0) is 17.1 Å². The minimum atomic E-state index is -4.13. The molecule has 0 bridgehead atoms. The summed E-state index contributed by atoms with van der Waals surface area (Å²) < 4.78 is 36.4. The first-order valence-electron chi connectivity index (χ1n) is 14.6. The van der Waals surface area contributed by atoms with Crippen LogP contribution in [0.25, 0.3) is 5.82 Å². The Morgan fingerprint density at radius 3 is 2.29 bits per heavy atom. The van der Waals surface area contributed by atoms with Gasteiger partial charge in [0.05, 0.1) is 17.9 Å². The maximum Gasteiger partial charge on any atom is 0.268 e. The second-order valence-corrected chi connectivity index (χ2v) is 13.4. The van der Waals surface area contributed by atoms with E-state index in [0.717, 1.165) is 24.2 Å². The predicted molar refractivity (Wildman–Crippen MR) is 156 cm³/mol. The fourth-order valence-electron chi connectivity index (χ4n) is 6.59. The van der Waals surface area contributed by atoms with E-state index in [1.165, 1.54) is 85.8 Å². The number of hydrogen-bond acceptors (Lipinski definition) is 7. The number of nitrogens with zero attached hydrogens (tertiary/aromatic N) is 5. The highest BCUT2D eigenvalue weighted by Crippen LogP contribution is 2.41. The van der Waals surface area contributed by atoms with Crippen LogP contribution in [0.3, 0.4) is 0 Å². The van der Waals surface area contributed by atoms with Crippen molar-refractivity contribution in [3.63, 3.8) is 0 Å². The van der Waals surface area contributed by atoms with Crippen LogP contribution >= 0.6 is 11.6 Å². The number of hydrogen-bond donors (Lipinski definition) is 1. The highest BCUT2D eigenvalue weighted by atomic mass is 35.5.